The van der Waals surface area contributed by atoms with Crippen molar-refractivity contribution in [3.63, 3.8) is 0 Å². The van der Waals surface area contributed by atoms with Crippen molar-refractivity contribution in [3.05, 3.63) is 51.2 Å². The summed E-state index contributed by atoms with van der Waals surface area (Å²) in [5, 5.41) is 21.0. The van der Waals surface area contributed by atoms with Crippen LogP contribution in [-0.4, -0.2) is 22.1 Å². The maximum absolute atomic E-state index is 11.9. The first-order valence-corrected chi connectivity index (χ1v) is 6.69. The first kappa shape index (κ1) is 14.1. The Labute approximate surface area is 119 Å². The van der Waals surface area contributed by atoms with E-state index in [1.807, 2.05) is 0 Å². The number of aryl methyl sites for hydroxylation is 1. The molecule has 0 fully saturated rings. The van der Waals surface area contributed by atoms with Gasteiger partial charge in [-0.2, -0.15) is 0 Å². The Morgan fingerprint density at radius 3 is 2.65 bits per heavy atom. The van der Waals surface area contributed by atoms with E-state index < -0.39 is 5.97 Å². The number of nitrogens with one attached hydrogen (secondary N) is 1. The third-order valence-electron chi connectivity index (χ3n) is 2.70. The lowest BCUT2D eigenvalue weighted by molar-refractivity contribution is 0.0701. The molecule has 3 N–H and O–H groups in total. The molecule has 0 aliphatic rings. The highest BCUT2D eigenvalue weighted by Gasteiger charge is 2.16. The SMILES string of the molecule is Cc1cc(C(=O)NCc2cccc(O)c2)sc1C(=O)O. The van der Waals surface area contributed by atoms with Crippen LogP contribution in [0.15, 0.2) is 30.3 Å². The lowest BCUT2D eigenvalue weighted by atomic mass is 10.2. The van der Waals surface area contributed by atoms with Gasteiger partial charge in [0.15, 0.2) is 0 Å². The van der Waals surface area contributed by atoms with E-state index in [4.69, 9.17) is 5.11 Å². The summed E-state index contributed by atoms with van der Waals surface area (Å²) in [4.78, 5) is 23.4. The molecule has 1 aromatic carbocycles. The minimum absolute atomic E-state index is 0.136. The van der Waals surface area contributed by atoms with Crippen molar-refractivity contribution in [1.29, 1.82) is 0 Å². The van der Waals surface area contributed by atoms with E-state index in [0.717, 1.165) is 16.9 Å². The highest BCUT2D eigenvalue weighted by molar-refractivity contribution is 7.16. The molecule has 1 amide bonds. The summed E-state index contributed by atoms with van der Waals surface area (Å²) in [6, 6.07) is 8.14. The van der Waals surface area contributed by atoms with Crippen LogP contribution in [0.1, 0.15) is 30.5 Å². The number of carbonyl (C=O) groups is 2. The second-order valence-electron chi connectivity index (χ2n) is 4.28. The number of carboxylic acids is 1. The molecule has 6 heteroatoms. The molecule has 2 aromatic rings. The van der Waals surface area contributed by atoms with E-state index in [1.54, 1.807) is 37.3 Å². The summed E-state index contributed by atoms with van der Waals surface area (Å²) < 4.78 is 0. The zero-order valence-corrected chi connectivity index (χ0v) is 11.5. The Morgan fingerprint density at radius 2 is 2.05 bits per heavy atom. The zero-order valence-electron chi connectivity index (χ0n) is 10.7. The Balaban J connectivity index is 2.05. The Bertz CT molecular complexity index is 663. The molecule has 0 bridgehead atoms. The molecule has 0 aliphatic carbocycles. The molecule has 2 rings (SSSR count). The van der Waals surface area contributed by atoms with E-state index >= 15 is 0 Å². The summed E-state index contributed by atoms with van der Waals surface area (Å²) in [6.07, 6.45) is 0. The molecule has 20 heavy (non-hydrogen) atoms. The van der Waals surface area contributed by atoms with Gasteiger partial charge in [0.2, 0.25) is 0 Å². The molecule has 0 unspecified atom stereocenters. The predicted molar refractivity (Wildman–Crippen MR) is 75.3 cm³/mol. The van der Waals surface area contributed by atoms with Gasteiger partial charge >= 0.3 is 5.97 Å². The van der Waals surface area contributed by atoms with Crippen molar-refractivity contribution in [2.45, 2.75) is 13.5 Å². The van der Waals surface area contributed by atoms with Crippen LogP contribution in [0.3, 0.4) is 0 Å². The molecule has 1 aromatic heterocycles. The fourth-order valence-electron chi connectivity index (χ4n) is 1.74. The van der Waals surface area contributed by atoms with Gasteiger partial charge in [0.25, 0.3) is 5.91 Å². The lowest BCUT2D eigenvalue weighted by Gasteiger charge is -2.04. The quantitative estimate of drug-likeness (QED) is 0.807. The molecule has 0 saturated carbocycles. The number of hydrogen-bond acceptors (Lipinski definition) is 4. The van der Waals surface area contributed by atoms with Gasteiger partial charge in [-0.25, -0.2) is 4.79 Å². The maximum Gasteiger partial charge on any atom is 0.346 e. The van der Waals surface area contributed by atoms with Crippen LogP contribution in [0.5, 0.6) is 5.75 Å². The number of rotatable bonds is 4. The summed E-state index contributed by atoms with van der Waals surface area (Å²) >= 11 is 0.953. The predicted octanol–water partition coefficient (Wildman–Crippen LogP) is 2.39. The molecule has 1 heterocycles. The average Bonchev–Trinajstić information content (AvgIpc) is 2.78. The second kappa shape index (κ2) is 5.75. The maximum atomic E-state index is 11.9. The monoisotopic (exact) mass is 291 g/mol. The third-order valence-corrected chi connectivity index (χ3v) is 3.92. The normalized spacial score (nSPS) is 10.2. The van der Waals surface area contributed by atoms with Crippen LogP contribution in [0.25, 0.3) is 0 Å². The summed E-state index contributed by atoms with van der Waals surface area (Å²) in [5.74, 6) is -1.22. The zero-order chi connectivity index (χ0) is 14.7. The summed E-state index contributed by atoms with van der Waals surface area (Å²) in [5.41, 5.74) is 1.34. The smallest absolute Gasteiger partial charge is 0.346 e. The Kier molecular flexibility index (Phi) is 4.05. The van der Waals surface area contributed by atoms with E-state index in [9.17, 15) is 14.7 Å². The third kappa shape index (κ3) is 3.16. The number of thiophene rings is 1. The van der Waals surface area contributed by atoms with Crippen LogP contribution in [0, 0.1) is 6.92 Å². The first-order chi connectivity index (χ1) is 9.47. The van der Waals surface area contributed by atoms with Gasteiger partial charge in [-0.3, -0.25) is 4.79 Å². The molecular weight excluding hydrogens is 278 g/mol. The molecule has 5 nitrogen and oxygen atoms in total. The number of carboxylic acid groups (broad SMARTS) is 1. The first-order valence-electron chi connectivity index (χ1n) is 5.87. The van der Waals surface area contributed by atoms with Crippen LogP contribution >= 0.6 is 11.3 Å². The van der Waals surface area contributed by atoms with Gasteiger partial charge in [0.1, 0.15) is 10.6 Å². The number of carbonyl (C=O) groups excluding carboxylic acids is 1. The largest absolute Gasteiger partial charge is 0.508 e. The molecule has 104 valence electrons. The van der Waals surface area contributed by atoms with Gasteiger partial charge in [0.05, 0.1) is 4.88 Å². The number of aromatic hydroxyl groups is 1. The van der Waals surface area contributed by atoms with Crippen molar-refractivity contribution in [1.82, 2.24) is 5.32 Å². The van der Waals surface area contributed by atoms with Crippen LogP contribution in [0.4, 0.5) is 0 Å². The fourth-order valence-corrected chi connectivity index (χ4v) is 2.67. The van der Waals surface area contributed by atoms with Crippen molar-refractivity contribution in [2.24, 2.45) is 0 Å². The number of amides is 1. The molecule has 0 aliphatic heterocycles. The number of aromatic carboxylic acids is 1. The summed E-state index contributed by atoms with van der Waals surface area (Å²) in [6.45, 7) is 1.93. The number of hydrogen-bond donors (Lipinski definition) is 3. The van der Waals surface area contributed by atoms with Crippen LogP contribution in [-0.2, 0) is 6.54 Å². The average molecular weight is 291 g/mol. The van der Waals surface area contributed by atoms with Crippen molar-refractivity contribution >= 4 is 23.2 Å². The number of phenolic OH excluding ortho intramolecular Hbond substituents is 1. The van der Waals surface area contributed by atoms with E-state index in [-0.39, 0.29) is 23.1 Å². The van der Waals surface area contributed by atoms with E-state index in [2.05, 4.69) is 5.32 Å². The van der Waals surface area contributed by atoms with Gasteiger partial charge in [-0.15, -0.1) is 11.3 Å². The lowest BCUT2D eigenvalue weighted by Crippen LogP contribution is -2.21. The van der Waals surface area contributed by atoms with Crippen molar-refractivity contribution in [3.8, 4) is 5.75 Å². The minimum Gasteiger partial charge on any atom is -0.508 e. The standard InChI is InChI=1S/C14H13NO4S/c1-8-5-11(20-12(8)14(18)19)13(17)15-7-9-3-2-4-10(16)6-9/h2-6,16H,7H2,1H3,(H,15,17)(H,18,19). The number of phenols is 1. The summed E-state index contributed by atoms with van der Waals surface area (Å²) in [7, 11) is 0. The topological polar surface area (TPSA) is 86.6 Å². The number of benzene rings is 1. The Hall–Kier alpha value is -2.34. The van der Waals surface area contributed by atoms with Crippen molar-refractivity contribution in [2.75, 3.05) is 0 Å². The highest BCUT2D eigenvalue weighted by Crippen LogP contribution is 2.22. The Morgan fingerprint density at radius 1 is 1.30 bits per heavy atom. The van der Waals surface area contributed by atoms with E-state index in [0.29, 0.717) is 10.4 Å². The molecular formula is C14H13NO4S. The van der Waals surface area contributed by atoms with Gasteiger partial charge in [-0.1, -0.05) is 12.1 Å². The van der Waals surface area contributed by atoms with Gasteiger partial charge in [-0.05, 0) is 36.2 Å². The molecule has 0 atom stereocenters. The van der Waals surface area contributed by atoms with Gasteiger partial charge in [0, 0.05) is 6.54 Å². The van der Waals surface area contributed by atoms with Gasteiger partial charge < -0.3 is 15.5 Å². The highest BCUT2D eigenvalue weighted by atomic mass is 32.1. The van der Waals surface area contributed by atoms with Crippen LogP contribution in [0.2, 0.25) is 0 Å². The molecule has 0 spiro atoms. The second-order valence-corrected chi connectivity index (χ2v) is 5.33. The van der Waals surface area contributed by atoms with E-state index in [1.165, 1.54) is 0 Å². The molecule has 0 radical (unpaired) electrons. The van der Waals surface area contributed by atoms with Crippen molar-refractivity contribution < 1.29 is 19.8 Å². The molecule has 0 saturated heterocycles. The minimum atomic E-state index is -1.03. The fraction of sp³-hybridized carbons (Fsp3) is 0.143. The van der Waals surface area contributed by atoms with Crippen LogP contribution < -0.4 is 5.32 Å².